The number of benzene rings is 3. The van der Waals surface area contributed by atoms with E-state index in [-0.39, 0.29) is 27.4 Å². The van der Waals surface area contributed by atoms with Crippen LogP contribution < -0.4 is 4.74 Å². The minimum absolute atomic E-state index is 0.00469. The summed E-state index contributed by atoms with van der Waals surface area (Å²) in [5.74, 6) is 2.36. The Balaban J connectivity index is 0.000000913. The van der Waals surface area contributed by atoms with Crippen LogP contribution in [0.4, 0.5) is 0 Å². The molecule has 5 rings (SSSR count). The van der Waals surface area contributed by atoms with Gasteiger partial charge in [0.05, 0.1) is 24.6 Å². The molecule has 0 aliphatic rings. The highest BCUT2D eigenvalue weighted by atomic mass is 16.5. The van der Waals surface area contributed by atoms with Crippen molar-refractivity contribution in [2.75, 3.05) is 6.61 Å². The van der Waals surface area contributed by atoms with E-state index < -0.39 is 0 Å². The highest BCUT2D eigenvalue weighted by molar-refractivity contribution is 5.74. The van der Waals surface area contributed by atoms with Gasteiger partial charge in [-0.05, 0) is 80.2 Å². The lowest BCUT2D eigenvalue weighted by Crippen LogP contribution is -2.19. The third-order valence-corrected chi connectivity index (χ3v) is 8.91. The summed E-state index contributed by atoms with van der Waals surface area (Å²) in [5, 5.41) is 21.5. The first kappa shape index (κ1) is 40.1. The van der Waals surface area contributed by atoms with Gasteiger partial charge in [0.1, 0.15) is 11.5 Å². The van der Waals surface area contributed by atoms with Crippen LogP contribution in [0, 0.1) is 6.92 Å². The van der Waals surface area contributed by atoms with Crippen LogP contribution in [0.25, 0.3) is 34.2 Å². The first-order chi connectivity index (χ1) is 24.1. The normalized spacial score (nSPS) is 12.3. The Kier molecular flexibility index (Phi) is 11.9. The van der Waals surface area contributed by atoms with Crippen LogP contribution in [0.15, 0.2) is 67.0 Å². The molecule has 276 valence electrons. The molecule has 2 aromatic heterocycles. The number of aromatic nitrogens is 6. The Morgan fingerprint density at radius 2 is 1.02 bits per heavy atom. The van der Waals surface area contributed by atoms with Crippen molar-refractivity contribution in [1.29, 1.82) is 0 Å². The molecular formula is C44H58N6O2. The van der Waals surface area contributed by atoms with Crippen molar-refractivity contribution in [3.05, 3.63) is 94.8 Å². The van der Waals surface area contributed by atoms with Gasteiger partial charge in [-0.1, -0.05) is 126 Å². The lowest BCUT2D eigenvalue weighted by molar-refractivity contribution is 0.313. The van der Waals surface area contributed by atoms with E-state index in [1.165, 1.54) is 22.3 Å². The van der Waals surface area contributed by atoms with E-state index in [1.54, 1.807) is 24.5 Å². The fourth-order valence-corrected chi connectivity index (χ4v) is 5.82. The zero-order valence-corrected chi connectivity index (χ0v) is 33.8. The minimum atomic E-state index is -0.161. The molecule has 0 aliphatic heterocycles. The van der Waals surface area contributed by atoms with E-state index in [9.17, 15) is 5.11 Å². The molecule has 0 unspecified atom stereocenters. The molecule has 0 saturated heterocycles. The van der Waals surface area contributed by atoms with Crippen LogP contribution in [0.3, 0.4) is 0 Å². The number of phenolic OH excluding ortho intramolecular Hbond substituents is 1. The van der Waals surface area contributed by atoms with Gasteiger partial charge < -0.3 is 9.84 Å². The quantitative estimate of drug-likeness (QED) is 0.186. The number of phenols is 1. The van der Waals surface area contributed by atoms with E-state index in [0.717, 1.165) is 23.1 Å². The van der Waals surface area contributed by atoms with Gasteiger partial charge in [0.25, 0.3) is 0 Å². The SMILES string of the molecule is CCCOc1cc(O)c(-c2nc(-c3ccc(C(C)(C)C)cc3C(C)(C)C)nc(-c3ccc(C(C)(C)C)cc3C(C)(C)C)n2)cc1C.c1cnnnc1. The highest BCUT2D eigenvalue weighted by Gasteiger charge is 2.28. The molecule has 8 heteroatoms. The van der Waals surface area contributed by atoms with Crippen LogP contribution in [-0.2, 0) is 21.7 Å². The van der Waals surface area contributed by atoms with Crippen molar-refractivity contribution in [2.45, 2.75) is 125 Å². The molecule has 1 N–H and O–H groups in total. The number of aromatic hydroxyl groups is 1. The number of hydrogen-bond donors (Lipinski definition) is 1. The van der Waals surface area contributed by atoms with Gasteiger partial charge in [0.2, 0.25) is 0 Å². The number of rotatable bonds is 6. The molecule has 0 aliphatic carbocycles. The van der Waals surface area contributed by atoms with Gasteiger partial charge in [-0.15, -0.1) is 10.2 Å². The molecule has 2 heterocycles. The Bertz CT molecular complexity index is 1860. The standard InChI is InChI=1S/C41H55N3O2.C3H3N3/c1-15-20-46-34-24-33(45)30(21-25(34)2)37-43-35(28-18-16-26(38(3,4)5)22-31(28)40(9,10)11)42-36(44-37)29-19-17-27(39(6,7)8)23-32(29)41(12,13)14;1-2-4-6-5-3-1/h16-19,21-24,45H,15,20H2,1-14H3;1-3H. The smallest absolute Gasteiger partial charge is 0.167 e. The average molecular weight is 703 g/mol. The number of ether oxygens (including phenoxy) is 1. The monoisotopic (exact) mass is 702 g/mol. The summed E-state index contributed by atoms with van der Waals surface area (Å²) < 4.78 is 5.91. The Morgan fingerprint density at radius 3 is 1.37 bits per heavy atom. The Hall–Kier alpha value is -4.72. The van der Waals surface area contributed by atoms with Gasteiger partial charge in [0, 0.05) is 17.2 Å². The van der Waals surface area contributed by atoms with Gasteiger partial charge in [-0.2, -0.15) is 0 Å². The van der Waals surface area contributed by atoms with Gasteiger partial charge >= 0.3 is 0 Å². The van der Waals surface area contributed by atoms with Crippen molar-refractivity contribution in [3.8, 4) is 45.7 Å². The summed E-state index contributed by atoms with van der Waals surface area (Å²) in [6, 6.07) is 18.6. The fraction of sp³-hybridized carbons (Fsp3) is 0.455. The predicted molar refractivity (Wildman–Crippen MR) is 213 cm³/mol. The van der Waals surface area contributed by atoms with Gasteiger partial charge in [0.15, 0.2) is 17.5 Å². The largest absolute Gasteiger partial charge is 0.507 e. The molecule has 52 heavy (non-hydrogen) atoms. The van der Waals surface area contributed by atoms with Crippen LogP contribution in [0.5, 0.6) is 11.5 Å². The zero-order valence-electron chi connectivity index (χ0n) is 33.8. The molecule has 8 nitrogen and oxygen atoms in total. The summed E-state index contributed by atoms with van der Waals surface area (Å²) in [6.45, 7) is 31.5. The van der Waals surface area contributed by atoms with E-state index in [1.807, 2.05) is 13.0 Å². The van der Waals surface area contributed by atoms with Crippen LogP contribution in [0.2, 0.25) is 0 Å². The molecule has 0 amide bonds. The van der Waals surface area contributed by atoms with E-state index >= 15 is 0 Å². The van der Waals surface area contributed by atoms with Crippen LogP contribution in [-0.4, -0.2) is 42.1 Å². The van der Waals surface area contributed by atoms with E-state index in [2.05, 4.69) is 142 Å². The zero-order chi connectivity index (χ0) is 38.6. The van der Waals surface area contributed by atoms with E-state index in [0.29, 0.717) is 35.4 Å². The Labute approximate surface area is 311 Å². The summed E-state index contributed by atoms with van der Waals surface area (Å²) in [7, 11) is 0. The Morgan fingerprint density at radius 1 is 0.577 bits per heavy atom. The molecule has 0 radical (unpaired) electrons. The fourth-order valence-electron chi connectivity index (χ4n) is 5.82. The maximum Gasteiger partial charge on any atom is 0.167 e. The maximum absolute atomic E-state index is 11.3. The number of nitrogens with zero attached hydrogens (tertiary/aromatic N) is 6. The molecule has 3 aromatic carbocycles. The molecular weight excluding hydrogens is 645 g/mol. The second-order valence-corrected chi connectivity index (χ2v) is 17.6. The van der Waals surface area contributed by atoms with Crippen LogP contribution in [0.1, 0.15) is 124 Å². The van der Waals surface area contributed by atoms with Crippen LogP contribution >= 0.6 is 0 Å². The highest BCUT2D eigenvalue weighted by Crippen LogP contribution is 2.41. The molecule has 0 bridgehead atoms. The van der Waals surface area contributed by atoms with Crippen molar-refractivity contribution in [3.63, 3.8) is 0 Å². The molecule has 0 saturated carbocycles. The molecule has 5 aromatic rings. The first-order valence-corrected chi connectivity index (χ1v) is 18.2. The van der Waals surface area contributed by atoms with Crippen molar-refractivity contribution < 1.29 is 9.84 Å². The number of hydrogen-bond acceptors (Lipinski definition) is 8. The summed E-state index contributed by atoms with van der Waals surface area (Å²) in [5.41, 5.74) is 7.94. The lowest BCUT2D eigenvalue weighted by Gasteiger charge is -2.28. The summed E-state index contributed by atoms with van der Waals surface area (Å²) >= 11 is 0. The van der Waals surface area contributed by atoms with E-state index in [4.69, 9.17) is 19.7 Å². The van der Waals surface area contributed by atoms with Crippen molar-refractivity contribution in [2.24, 2.45) is 0 Å². The number of aryl methyl sites for hydroxylation is 1. The van der Waals surface area contributed by atoms with Crippen molar-refractivity contribution >= 4 is 0 Å². The first-order valence-electron chi connectivity index (χ1n) is 18.2. The van der Waals surface area contributed by atoms with Crippen molar-refractivity contribution in [1.82, 2.24) is 30.4 Å². The minimum Gasteiger partial charge on any atom is -0.507 e. The molecule has 0 atom stereocenters. The summed E-state index contributed by atoms with van der Waals surface area (Å²) in [6.07, 6.45) is 4.04. The summed E-state index contributed by atoms with van der Waals surface area (Å²) in [4.78, 5) is 15.4. The molecule has 0 fully saturated rings. The topological polar surface area (TPSA) is 107 Å². The third kappa shape index (κ3) is 9.78. The second kappa shape index (κ2) is 15.5. The third-order valence-electron chi connectivity index (χ3n) is 8.91. The molecule has 0 spiro atoms. The van der Waals surface area contributed by atoms with Gasteiger partial charge in [-0.25, -0.2) is 15.0 Å². The lowest BCUT2D eigenvalue weighted by atomic mass is 9.78. The second-order valence-electron chi connectivity index (χ2n) is 17.6. The average Bonchev–Trinajstić information content (AvgIpc) is 3.07. The predicted octanol–water partition coefficient (Wildman–Crippen LogP) is 10.7. The maximum atomic E-state index is 11.3. The van der Waals surface area contributed by atoms with Gasteiger partial charge in [-0.3, -0.25) is 0 Å².